The largest absolute Gasteiger partial charge is 0.318 e. The fourth-order valence-electron chi connectivity index (χ4n) is 2.17. The quantitative estimate of drug-likeness (QED) is 0.764. The van der Waals surface area contributed by atoms with E-state index in [0.717, 1.165) is 16.3 Å². The maximum Gasteiger partial charge on any atom is 0.114 e. The fraction of sp³-hybridized carbons (Fsp3) is 0.188. The summed E-state index contributed by atoms with van der Waals surface area (Å²) < 4.78 is 0. The molecule has 0 saturated carbocycles. The van der Waals surface area contributed by atoms with E-state index in [1.54, 1.807) is 11.3 Å². The summed E-state index contributed by atoms with van der Waals surface area (Å²) in [6, 6.07) is 14.6. The third kappa shape index (κ3) is 2.27. The van der Waals surface area contributed by atoms with E-state index in [0.29, 0.717) is 0 Å². The Hall–Kier alpha value is -1.71. The summed E-state index contributed by atoms with van der Waals surface area (Å²) in [6.45, 7) is 4.12. The summed E-state index contributed by atoms with van der Waals surface area (Å²) in [5.74, 6) is 0. The number of thiazole rings is 1. The number of nitrogens with zero attached hydrogens (tertiary/aromatic N) is 1. The second-order valence-corrected chi connectivity index (χ2v) is 6.01. The Bertz CT molecular complexity index is 711. The molecule has 0 bridgehead atoms. The SMILES string of the molecule is Cc1nc(C(N)c2ccc3ccccc3c2)sc1C. The molecule has 0 aliphatic rings. The molecule has 0 radical (unpaired) electrons. The van der Waals surface area contributed by atoms with E-state index >= 15 is 0 Å². The number of nitrogens with two attached hydrogens (primary N) is 1. The normalized spacial score (nSPS) is 12.8. The number of rotatable bonds is 2. The Morgan fingerprint density at radius 2 is 1.79 bits per heavy atom. The average Bonchev–Trinajstić information content (AvgIpc) is 2.77. The van der Waals surface area contributed by atoms with Crippen LogP contribution in [0, 0.1) is 13.8 Å². The van der Waals surface area contributed by atoms with Gasteiger partial charge in [-0.15, -0.1) is 11.3 Å². The van der Waals surface area contributed by atoms with Gasteiger partial charge in [0.05, 0.1) is 11.7 Å². The Balaban J connectivity index is 2.03. The van der Waals surface area contributed by atoms with Crippen LogP contribution in [0.1, 0.15) is 27.2 Å². The standard InChI is InChI=1S/C16H16N2S/c1-10-11(2)19-16(18-10)15(17)14-8-7-12-5-3-4-6-13(12)9-14/h3-9,15H,17H2,1-2H3. The Kier molecular flexibility index (Phi) is 3.09. The van der Waals surface area contributed by atoms with E-state index in [-0.39, 0.29) is 6.04 Å². The molecule has 19 heavy (non-hydrogen) atoms. The van der Waals surface area contributed by atoms with Crippen LogP contribution in [-0.4, -0.2) is 4.98 Å². The van der Waals surface area contributed by atoms with Crippen molar-refractivity contribution in [3.63, 3.8) is 0 Å². The van der Waals surface area contributed by atoms with Gasteiger partial charge in [-0.25, -0.2) is 4.98 Å². The van der Waals surface area contributed by atoms with Gasteiger partial charge in [-0.3, -0.25) is 0 Å². The van der Waals surface area contributed by atoms with Gasteiger partial charge >= 0.3 is 0 Å². The molecule has 0 aliphatic carbocycles. The molecular formula is C16H16N2S. The molecule has 0 amide bonds. The highest BCUT2D eigenvalue weighted by Crippen LogP contribution is 2.28. The van der Waals surface area contributed by atoms with Crippen molar-refractivity contribution >= 4 is 22.1 Å². The monoisotopic (exact) mass is 268 g/mol. The zero-order valence-electron chi connectivity index (χ0n) is 11.1. The summed E-state index contributed by atoms with van der Waals surface area (Å²) in [5.41, 5.74) is 8.54. The van der Waals surface area contributed by atoms with Crippen molar-refractivity contribution in [2.24, 2.45) is 5.73 Å². The summed E-state index contributed by atoms with van der Waals surface area (Å²) >= 11 is 1.69. The summed E-state index contributed by atoms with van der Waals surface area (Å²) in [5, 5.41) is 3.45. The van der Waals surface area contributed by atoms with Gasteiger partial charge in [0.2, 0.25) is 0 Å². The third-order valence-electron chi connectivity index (χ3n) is 3.44. The minimum Gasteiger partial charge on any atom is -0.318 e. The molecule has 96 valence electrons. The minimum absolute atomic E-state index is 0.137. The van der Waals surface area contributed by atoms with Crippen molar-refractivity contribution in [2.75, 3.05) is 0 Å². The molecule has 1 heterocycles. The highest BCUT2D eigenvalue weighted by Gasteiger charge is 2.14. The van der Waals surface area contributed by atoms with E-state index < -0.39 is 0 Å². The molecule has 0 spiro atoms. The number of aromatic nitrogens is 1. The van der Waals surface area contributed by atoms with Crippen LogP contribution >= 0.6 is 11.3 Å². The predicted molar refractivity (Wildman–Crippen MR) is 81.6 cm³/mol. The summed E-state index contributed by atoms with van der Waals surface area (Å²) in [7, 11) is 0. The van der Waals surface area contributed by atoms with E-state index in [1.807, 2.05) is 6.92 Å². The van der Waals surface area contributed by atoms with Crippen molar-refractivity contribution in [1.29, 1.82) is 0 Å². The van der Waals surface area contributed by atoms with Gasteiger partial charge in [0.1, 0.15) is 5.01 Å². The predicted octanol–water partition coefficient (Wildman–Crippen LogP) is 3.96. The topological polar surface area (TPSA) is 38.9 Å². The van der Waals surface area contributed by atoms with Gasteiger partial charge < -0.3 is 5.73 Å². The molecule has 2 nitrogen and oxygen atoms in total. The second-order valence-electron chi connectivity index (χ2n) is 4.78. The van der Waals surface area contributed by atoms with E-state index in [2.05, 4.69) is 54.4 Å². The molecular weight excluding hydrogens is 252 g/mol. The van der Waals surface area contributed by atoms with Crippen molar-refractivity contribution in [1.82, 2.24) is 4.98 Å². The van der Waals surface area contributed by atoms with Gasteiger partial charge in [0.25, 0.3) is 0 Å². The molecule has 3 rings (SSSR count). The van der Waals surface area contributed by atoms with Crippen LogP contribution in [0.25, 0.3) is 10.8 Å². The lowest BCUT2D eigenvalue weighted by atomic mass is 10.0. The molecule has 1 atom stereocenters. The van der Waals surface area contributed by atoms with E-state index in [4.69, 9.17) is 5.73 Å². The van der Waals surface area contributed by atoms with Crippen molar-refractivity contribution in [2.45, 2.75) is 19.9 Å². The van der Waals surface area contributed by atoms with Crippen LogP contribution in [0.2, 0.25) is 0 Å². The highest BCUT2D eigenvalue weighted by atomic mass is 32.1. The van der Waals surface area contributed by atoms with Crippen LogP contribution in [0.5, 0.6) is 0 Å². The Morgan fingerprint density at radius 1 is 1.05 bits per heavy atom. The zero-order valence-corrected chi connectivity index (χ0v) is 11.9. The van der Waals surface area contributed by atoms with Crippen LogP contribution in [0.15, 0.2) is 42.5 Å². The Labute approximate surface area is 116 Å². The number of hydrogen-bond donors (Lipinski definition) is 1. The summed E-state index contributed by atoms with van der Waals surface area (Å²) in [6.07, 6.45) is 0. The maximum absolute atomic E-state index is 6.34. The summed E-state index contributed by atoms with van der Waals surface area (Å²) in [4.78, 5) is 5.80. The van der Waals surface area contributed by atoms with E-state index in [9.17, 15) is 0 Å². The van der Waals surface area contributed by atoms with Crippen LogP contribution in [-0.2, 0) is 0 Å². The highest BCUT2D eigenvalue weighted by molar-refractivity contribution is 7.11. The molecule has 3 aromatic rings. The lowest BCUT2D eigenvalue weighted by Gasteiger charge is -2.10. The molecule has 1 unspecified atom stereocenters. The number of benzene rings is 2. The van der Waals surface area contributed by atoms with Crippen molar-refractivity contribution < 1.29 is 0 Å². The van der Waals surface area contributed by atoms with Crippen molar-refractivity contribution in [3.8, 4) is 0 Å². The molecule has 2 aromatic carbocycles. The van der Waals surface area contributed by atoms with Gasteiger partial charge in [-0.1, -0.05) is 36.4 Å². The molecule has 0 fully saturated rings. The molecule has 3 heteroatoms. The lowest BCUT2D eigenvalue weighted by Crippen LogP contribution is -2.11. The van der Waals surface area contributed by atoms with Crippen LogP contribution in [0.3, 0.4) is 0 Å². The maximum atomic E-state index is 6.34. The van der Waals surface area contributed by atoms with Crippen molar-refractivity contribution in [3.05, 3.63) is 63.6 Å². The van der Waals surface area contributed by atoms with Gasteiger partial charge in [-0.2, -0.15) is 0 Å². The minimum atomic E-state index is -0.137. The zero-order chi connectivity index (χ0) is 13.4. The smallest absolute Gasteiger partial charge is 0.114 e. The van der Waals surface area contributed by atoms with Gasteiger partial charge in [0.15, 0.2) is 0 Å². The van der Waals surface area contributed by atoms with E-state index in [1.165, 1.54) is 15.6 Å². The first kappa shape index (κ1) is 12.3. The second kappa shape index (κ2) is 4.76. The van der Waals surface area contributed by atoms with Gasteiger partial charge in [0, 0.05) is 4.88 Å². The first-order valence-corrected chi connectivity index (χ1v) is 7.15. The fourth-order valence-corrected chi connectivity index (χ4v) is 3.13. The molecule has 2 N–H and O–H groups in total. The van der Waals surface area contributed by atoms with Gasteiger partial charge in [-0.05, 0) is 36.2 Å². The third-order valence-corrected chi connectivity index (χ3v) is 4.60. The average molecular weight is 268 g/mol. The lowest BCUT2D eigenvalue weighted by molar-refractivity contribution is 0.854. The first-order valence-electron chi connectivity index (χ1n) is 6.33. The molecule has 0 aliphatic heterocycles. The first-order chi connectivity index (χ1) is 9.15. The van der Waals surface area contributed by atoms with Crippen LogP contribution < -0.4 is 5.73 Å². The number of aryl methyl sites for hydroxylation is 2. The van der Waals surface area contributed by atoms with Crippen LogP contribution in [0.4, 0.5) is 0 Å². The number of hydrogen-bond acceptors (Lipinski definition) is 3. The number of fused-ring (bicyclic) bond motifs is 1. The molecule has 0 saturated heterocycles. The Morgan fingerprint density at radius 3 is 2.47 bits per heavy atom. The molecule has 1 aromatic heterocycles.